The molecule has 1 aliphatic rings. The van der Waals surface area contributed by atoms with Crippen LogP contribution >= 0.6 is 0 Å². The molecule has 2 aromatic carbocycles. The van der Waals surface area contributed by atoms with Crippen LogP contribution in [-0.2, 0) is 17.8 Å². The summed E-state index contributed by atoms with van der Waals surface area (Å²) in [7, 11) is 2.12. The van der Waals surface area contributed by atoms with Crippen molar-refractivity contribution in [3.05, 3.63) is 40.5 Å². The van der Waals surface area contributed by atoms with Gasteiger partial charge in [-0.25, -0.2) is 0 Å². The molecule has 0 radical (unpaired) electrons. The molecule has 186 valence electrons. The summed E-state index contributed by atoms with van der Waals surface area (Å²) < 4.78 is 5.57. The molecule has 10 N–H and O–H groups in total. The van der Waals surface area contributed by atoms with Gasteiger partial charge >= 0.3 is 5.97 Å². The quantitative estimate of drug-likeness (QED) is 0.127. The number of hydrogen-bond donors (Lipinski definition) is 10. The maximum Gasteiger partial charge on any atom is 0.307 e. The third kappa shape index (κ3) is 3.83. The second-order valence-corrected chi connectivity index (χ2v) is 8.20. The Morgan fingerprint density at radius 1 is 1.06 bits per heavy atom. The van der Waals surface area contributed by atoms with Gasteiger partial charge in [0, 0.05) is 22.6 Å². The van der Waals surface area contributed by atoms with E-state index in [0.717, 1.165) is 14.1 Å². The van der Waals surface area contributed by atoms with Crippen molar-refractivity contribution in [1.29, 1.82) is 0 Å². The first kappa shape index (κ1) is 25.3. The summed E-state index contributed by atoms with van der Waals surface area (Å²) in [5, 5.41) is 103. The van der Waals surface area contributed by atoms with Gasteiger partial charge in [0.25, 0.3) is 11.7 Å². The van der Waals surface area contributed by atoms with Gasteiger partial charge in [-0.2, -0.15) is 0 Å². The van der Waals surface area contributed by atoms with Gasteiger partial charge < -0.3 is 55.8 Å². The number of carboxylic acids is 1. The van der Waals surface area contributed by atoms with Crippen LogP contribution in [0.3, 0.4) is 0 Å². The van der Waals surface area contributed by atoms with Crippen molar-refractivity contribution >= 4 is 5.97 Å². The molecule has 3 rings (SSSR count). The number of rotatable bonds is 6. The third-order valence-electron chi connectivity index (χ3n) is 5.83. The zero-order valence-corrected chi connectivity index (χ0v) is 18.0. The topological polar surface area (TPSA) is 232 Å². The summed E-state index contributed by atoms with van der Waals surface area (Å²) in [4.78, 5) is 11.8. The molecule has 0 aromatic heterocycles. The number of ether oxygens (including phenoxy) is 1. The van der Waals surface area contributed by atoms with E-state index < -0.39 is 71.3 Å². The van der Waals surface area contributed by atoms with E-state index in [9.17, 15) is 50.8 Å². The van der Waals surface area contributed by atoms with Crippen LogP contribution in [0.4, 0.5) is 0 Å². The normalized spacial score (nSPS) is 16.9. The lowest BCUT2D eigenvalue weighted by molar-refractivity contribution is -0.427. The molecule has 0 fully saturated rings. The van der Waals surface area contributed by atoms with Gasteiger partial charge in [-0.1, -0.05) is 12.1 Å². The van der Waals surface area contributed by atoms with Crippen molar-refractivity contribution in [2.45, 2.75) is 36.7 Å². The van der Waals surface area contributed by atoms with Crippen molar-refractivity contribution in [2.75, 3.05) is 14.1 Å². The highest BCUT2D eigenvalue weighted by Gasteiger charge is 2.58. The van der Waals surface area contributed by atoms with E-state index in [1.54, 1.807) is 0 Å². The van der Waals surface area contributed by atoms with Gasteiger partial charge in [-0.05, 0) is 25.7 Å². The van der Waals surface area contributed by atoms with Crippen molar-refractivity contribution < 1.29 is 60.6 Å². The highest BCUT2D eigenvalue weighted by molar-refractivity contribution is 5.71. The van der Waals surface area contributed by atoms with Gasteiger partial charge in [0.05, 0.1) is 6.42 Å². The van der Waals surface area contributed by atoms with Crippen LogP contribution in [-0.4, -0.2) is 93.8 Å². The molecule has 2 atom stereocenters. The fourth-order valence-electron chi connectivity index (χ4n) is 3.90. The van der Waals surface area contributed by atoms with Crippen molar-refractivity contribution in [3.63, 3.8) is 0 Å². The third-order valence-corrected chi connectivity index (χ3v) is 5.83. The largest absolute Gasteiger partial charge is 0.504 e. The van der Waals surface area contributed by atoms with Gasteiger partial charge in [0.1, 0.15) is 18.5 Å². The number of carbonyl (C=O) groups is 1. The number of aliphatic carboxylic acids is 1. The second kappa shape index (κ2) is 8.47. The summed E-state index contributed by atoms with van der Waals surface area (Å²) in [5.74, 6) is -14.7. The number of benzene rings is 2. The Morgan fingerprint density at radius 2 is 1.65 bits per heavy atom. The van der Waals surface area contributed by atoms with Crippen LogP contribution in [0.5, 0.6) is 28.7 Å². The Bertz CT molecular complexity index is 1130. The maximum atomic E-state index is 11.2. The number of carboxylic acid groups (broad SMARTS) is 1. The number of phenols is 4. The number of fused-ring (bicyclic) bond motifs is 2. The van der Waals surface area contributed by atoms with Crippen LogP contribution in [0.1, 0.15) is 28.2 Å². The number of nitrogens with zero attached hydrogens (tertiary/aromatic N) is 1. The van der Waals surface area contributed by atoms with E-state index in [1.807, 2.05) is 0 Å². The number of phenolic OH excluding ortho intramolecular Hbond substituents is 4. The molecule has 0 amide bonds. The molecule has 13 nitrogen and oxygen atoms in total. The molecule has 1 heterocycles. The molecule has 0 saturated heterocycles. The van der Waals surface area contributed by atoms with E-state index in [2.05, 4.69) is 0 Å². The minimum Gasteiger partial charge on any atom is -0.504 e. The predicted octanol–water partition coefficient (Wildman–Crippen LogP) is -1.60. The van der Waals surface area contributed by atoms with E-state index in [-0.39, 0.29) is 22.4 Å². The molecular formula is C21H25NO12. The molecule has 0 bridgehead atoms. The molecule has 0 aliphatic carbocycles. The molecule has 0 spiro atoms. The standard InChI is InChI=1S/C21H25NO12/c1-22(2)21(32,33)20(30,31)19(29)14-9-5-8(6-12(23)24)3-4-11(9)34-7-10-13(14)16(26)18(28)17(27)15(10)25/h3-5,14,19,25-33H,6-7H2,1-2H3,(H,23,24). The zero-order chi connectivity index (χ0) is 25.7. The summed E-state index contributed by atoms with van der Waals surface area (Å²) in [6.45, 7) is -0.544. The number of aliphatic hydroxyl groups excluding tert-OH is 1. The highest BCUT2D eigenvalue weighted by atomic mass is 16.6. The maximum absolute atomic E-state index is 11.2. The van der Waals surface area contributed by atoms with E-state index in [1.165, 1.54) is 18.2 Å². The van der Waals surface area contributed by atoms with Crippen LogP contribution < -0.4 is 4.74 Å². The first-order valence-corrected chi connectivity index (χ1v) is 9.83. The molecule has 13 heteroatoms. The number of aliphatic hydroxyl groups is 5. The van der Waals surface area contributed by atoms with Gasteiger partial charge in [-0.3, -0.25) is 9.69 Å². The summed E-state index contributed by atoms with van der Waals surface area (Å²) in [6, 6.07) is 3.86. The first-order valence-electron chi connectivity index (χ1n) is 9.83. The van der Waals surface area contributed by atoms with Crippen LogP contribution in [0, 0.1) is 0 Å². The molecule has 1 aliphatic heterocycles. The average Bonchev–Trinajstić information content (AvgIpc) is 2.91. The van der Waals surface area contributed by atoms with E-state index >= 15 is 0 Å². The summed E-state index contributed by atoms with van der Waals surface area (Å²) in [6.07, 6.45) is -3.09. The molecule has 2 unspecified atom stereocenters. The SMILES string of the molecule is CN(C)C(O)(O)C(O)(O)C(O)C1c2cc(CC(=O)O)ccc2OCc2c(O)c(O)c(O)c(O)c21. The number of hydrogen-bond acceptors (Lipinski definition) is 12. The first-order chi connectivity index (χ1) is 15.6. The summed E-state index contributed by atoms with van der Waals surface area (Å²) in [5.41, 5.74) is -0.883. The predicted molar refractivity (Wildman–Crippen MR) is 111 cm³/mol. The number of likely N-dealkylation sites (N-methyl/N-ethyl adjacent to an activating group) is 1. The van der Waals surface area contributed by atoms with Crippen LogP contribution in [0.25, 0.3) is 0 Å². The van der Waals surface area contributed by atoms with Crippen LogP contribution in [0.15, 0.2) is 18.2 Å². The fourth-order valence-corrected chi connectivity index (χ4v) is 3.90. The Labute approximate surface area is 192 Å². The van der Waals surface area contributed by atoms with Crippen molar-refractivity contribution in [3.8, 4) is 28.7 Å². The molecule has 0 saturated carbocycles. The zero-order valence-electron chi connectivity index (χ0n) is 18.0. The van der Waals surface area contributed by atoms with Gasteiger partial charge in [0.2, 0.25) is 11.5 Å². The smallest absolute Gasteiger partial charge is 0.307 e. The van der Waals surface area contributed by atoms with E-state index in [4.69, 9.17) is 9.84 Å². The Kier molecular flexibility index (Phi) is 6.30. The van der Waals surface area contributed by atoms with Gasteiger partial charge in [-0.15, -0.1) is 0 Å². The van der Waals surface area contributed by atoms with Gasteiger partial charge in [0.15, 0.2) is 11.5 Å². The minimum atomic E-state index is -3.74. The monoisotopic (exact) mass is 483 g/mol. The van der Waals surface area contributed by atoms with Crippen molar-refractivity contribution in [2.24, 2.45) is 0 Å². The molecule has 34 heavy (non-hydrogen) atoms. The lowest BCUT2D eigenvalue weighted by Gasteiger charge is -2.44. The number of aromatic hydroxyl groups is 4. The minimum absolute atomic E-state index is 0.0608. The Balaban J connectivity index is 2.37. The Hall–Kier alpha value is -3.33. The second-order valence-electron chi connectivity index (χ2n) is 8.20. The average molecular weight is 483 g/mol. The lowest BCUT2D eigenvalue weighted by Crippen LogP contribution is -2.68. The van der Waals surface area contributed by atoms with E-state index in [0.29, 0.717) is 4.90 Å². The molecular weight excluding hydrogens is 458 g/mol. The summed E-state index contributed by atoms with van der Waals surface area (Å²) >= 11 is 0. The Morgan fingerprint density at radius 3 is 2.21 bits per heavy atom. The van der Waals surface area contributed by atoms with Crippen LogP contribution in [0.2, 0.25) is 0 Å². The highest BCUT2D eigenvalue weighted by Crippen LogP contribution is 2.55. The fraction of sp³-hybridized carbons (Fsp3) is 0.381. The molecule has 2 aromatic rings. The lowest BCUT2D eigenvalue weighted by atomic mass is 9.78. The van der Waals surface area contributed by atoms with Crippen molar-refractivity contribution in [1.82, 2.24) is 4.90 Å².